The van der Waals surface area contributed by atoms with Crippen LogP contribution in [0.5, 0.6) is 0 Å². The maximum absolute atomic E-state index is 5.77. The van der Waals surface area contributed by atoms with E-state index in [1.54, 1.807) is 9.59 Å². The van der Waals surface area contributed by atoms with E-state index in [1.165, 1.54) is 11.1 Å². The van der Waals surface area contributed by atoms with Crippen molar-refractivity contribution in [2.75, 3.05) is 0 Å². The van der Waals surface area contributed by atoms with Gasteiger partial charge in [0.25, 0.3) is 0 Å². The van der Waals surface area contributed by atoms with Crippen molar-refractivity contribution in [3.63, 3.8) is 0 Å². The molecule has 10 heteroatoms. The second-order valence-corrected chi connectivity index (χ2v) is 8.84. The van der Waals surface area contributed by atoms with Crippen molar-refractivity contribution < 1.29 is 0 Å². The summed E-state index contributed by atoms with van der Waals surface area (Å²) in [6.45, 7) is 1.52. The van der Waals surface area contributed by atoms with Crippen LogP contribution in [0.3, 0.4) is 0 Å². The van der Waals surface area contributed by atoms with Gasteiger partial charge < -0.3 is 0 Å². The lowest BCUT2D eigenvalue weighted by Crippen LogP contribution is -2.04. The molecule has 156 valence electrons. The number of aromatic nitrogens is 6. The predicted octanol–water partition coefficient (Wildman–Crippen LogP) is 5.98. The van der Waals surface area contributed by atoms with Gasteiger partial charge in [-0.1, -0.05) is 72.3 Å². The molecule has 0 N–H and O–H groups in total. The molecule has 4 rings (SSSR count). The predicted molar refractivity (Wildman–Crippen MR) is 128 cm³/mol. The van der Waals surface area contributed by atoms with E-state index in [9.17, 15) is 0 Å². The zero-order valence-corrected chi connectivity index (χ0v) is 21.3. The molecular formula is C20H18Br3ClN6. The topological polar surface area (TPSA) is 61.4 Å². The molecule has 0 atom stereocenters. The first kappa shape index (κ1) is 23.1. The maximum atomic E-state index is 5.77. The SMILES string of the molecule is Brc1nn(CCc2ccccc2)nc1Br.Clc1nn(CCc2ccccc2)nc1Br. The second-order valence-electron chi connectivity index (χ2n) is 6.23. The van der Waals surface area contributed by atoms with Crippen molar-refractivity contribution in [2.24, 2.45) is 0 Å². The second kappa shape index (κ2) is 11.7. The van der Waals surface area contributed by atoms with Crippen LogP contribution in [0.15, 0.2) is 74.5 Å². The quantitative estimate of drug-likeness (QED) is 0.267. The zero-order chi connectivity index (χ0) is 21.3. The number of aryl methyl sites for hydroxylation is 4. The van der Waals surface area contributed by atoms with E-state index in [4.69, 9.17) is 11.6 Å². The molecule has 0 fully saturated rings. The van der Waals surface area contributed by atoms with E-state index in [-0.39, 0.29) is 0 Å². The van der Waals surface area contributed by atoms with Crippen LogP contribution in [0.4, 0.5) is 0 Å². The minimum atomic E-state index is 0.406. The highest BCUT2D eigenvalue weighted by atomic mass is 79.9. The molecule has 0 aliphatic rings. The first-order valence-electron chi connectivity index (χ1n) is 9.11. The first-order chi connectivity index (χ1) is 14.5. The Balaban J connectivity index is 0.000000171. The van der Waals surface area contributed by atoms with Crippen LogP contribution in [0.1, 0.15) is 11.1 Å². The maximum Gasteiger partial charge on any atom is 0.185 e. The molecule has 0 unspecified atom stereocenters. The van der Waals surface area contributed by atoms with Crippen molar-refractivity contribution >= 4 is 59.4 Å². The average molecular weight is 618 g/mol. The Kier molecular flexibility index (Phi) is 9.05. The highest BCUT2D eigenvalue weighted by Crippen LogP contribution is 2.17. The van der Waals surface area contributed by atoms with Crippen LogP contribution < -0.4 is 0 Å². The lowest BCUT2D eigenvalue weighted by atomic mass is 10.2. The van der Waals surface area contributed by atoms with Crippen LogP contribution >= 0.6 is 59.4 Å². The Labute approximate surface area is 205 Å². The van der Waals surface area contributed by atoms with E-state index in [0.29, 0.717) is 9.76 Å². The summed E-state index contributed by atoms with van der Waals surface area (Å²) in [5, 5.41) is 17.0. The van der Waals surface area contributed by atoms with Crippen molar-refractivity contribution in [2.45, 2.75) is 25.9 Å². The van der Waals surface area contributed by atoms with E-state index >= 15 is 0 Å². The van der Waals surface area contributed by atoms with Crippen LogP contribution in [0, 0.1) is 0 Å². The van der Waals surface area contributed by atoms with Crippen LogP contribution in [0.2, 0.25) is 5.15 Å². The molecule has 0 aliphatic carbocycles. The third-order valence-corrected chi connectivity index (χ3v) is 6.66. The molecule has 0 radical (unpaired) electrons. The summed E-state index contributed by atoms with van der Waals surface area (Å²) < 4.78 is 2.09. The number of hydrogen-bond acceptors (Lipinski definition) is 4. The number of hydrogen-bond donors (Lipinski definition) is 0. The molecule has 6 nitrogen and oxygen atoms in total. The van der Waals surface area contributed by atoms with Gasteiger partial charge in [-0.25, -0.2) is 0 Å². The van der Waals surface area contributed by atoms with Crippen LogP contribution in [-0.4, -0.2) is 30.0 Å². The molecule has 0 bridgehead atoms. The fraction of sp³-hybridized carbons (Fsp3) is 0.200. The summed E-state index contributed by atoms with van der Waals surface area (Å²) in [5.41, 5.74) is 2.56. The standard InChI is InChI=1S/C10H9Br2N3.C10H9BrClN3/c2*11-9-10(12)14-15(13-9)7-6-8-4-2-1-3-5-8/h2*1-5H,6-7H2. The van der Waals surface area contributed by atoms with Crippen molar-refractivity contribution in [1.29, 1.82) is 0 Å². The molecule has 0 amide bonds. The Bertz CT molecular complexity index is 928. The van der Waals surface area contributed by atoms with E-state index < -0.39 is 0 Å². The monoisotopic (exact) mass is 614 g/mol. The molecular weight excluding hydrogens is 599 g/mol. The minimum Gasteiger partial charge on any atom is -0.182 e. The molecule has 2 aromatic carbocycles. The normalized spacial score (nSPS) is 10.5. The molecule has 2 aromatic heterocycles. The molecule has 2 heterocycles. The molecule has 0 aliphatic heterocycles. The van der Waals surface area contributed by atoms with Gasteiger partial charge >= 0.3 is 0 Å². The minimum absolute atomic E-state index is 0.406. The van der Waals surface area contributed by atoms with Gasteiger partial charge in [0, 0.05) is 0 Å². The largest absolute Gasteiger partial charge is 0.185 e. The summed E-state index contributed by atoms with van der Waals surface area (Å²) in [6, 6.07) is 20.5. The highest BCUT2D eigenvalue weighted by molar-refractivity contribution is 9.13. The van der Waals surface area contributed by atoms with Gasteiger partial charge in [0.2, 0.25) is 0 Å². The van der Waals surface area contributed by atoms with E-state index in [2.05, 4.69) is 92.5 Å². The fourth-order valence-electron chi connectivity index (χ4n) is 2.56. The summed E-state index contributed by atoms with van der Waals surface area (Å²) >= 11 is 15.6. The van der Waals surface area contributed by atoms with Crippen LogP contribution in [0.25, 0.3) is 0 Å². The van der Waals surface area contributed by atoms with Crippen molar-refractivity contribution in [1.82, 2.24) is 30.0 Å². The van der Waals surface area contributed by atoms with Gasteiger partial charge in [-0.05, 0) is 71.8 Å². The molecule has 0 saturated carbocycles. The third-order valence-electron chi connectivity index (χ3n) is 4.04. The highest BCUT2D eigenvalue weighted by Gasteiger charge is 2.05. The third kappa shape index (κ3) is 7.30. The Morgan fingerprint density at radius 3 is 1.40 bits per heavy atom. The fourth-order valence-corrected chi connectivity index (χ4v) is 3.47. The van der Waals surface area contributed by atoms with Gasteiger partial charge in [-0.3, -0.25) is 0 Å². The smallest absolute Gasteiger partial charge is 0.182 e. The first-order valence-corrected chi connectivity index (χ1v) is 11.9. The molecule has 30 heavy (non-hydrogen) atoms. The summed E-state index contributed by atoms with van der Waals surface area (Å²) in [4.78, 5) is 3.28. The van der Waals surface area contributed by atoms with Gasteiger partial charge in [0.15, 0.2) is 19.0 Å². The Morgan fingerprint density at radius 2 is 1.00 bits per heavy atom. The van der Waals surface area contributed by atoms with E-state index in [1.807, 2.05) is 36.4 Å². The summed E-state index contributed by atoms with van der Waals surface area (Å²) in [7, 11) is 0. The lowest BCUT2D eigenvalue weighted by molar-refractivity contribution is 0.533. The lowest BCUT2D eigenvalue weighted by Gasteiger charge is -1.99. The summed E-state index contributed by atoms with van der Waals surface area (Å²) in [5.74, 6) is 0. The molecule has 0 saturated heterocycles. The van der Waals surface area contributed by atoms with Crippen molar-refractivity contribution in [3.8, 4) is 0 Å². The zero-order valence-electron chi connectivity index (χ0n) is 15.8. The van der Waals surface area contributed by atoms with Gasteiger partial charge in [0.1, 0.15) is 0 Å². The number of halogens is 4. The number of rotatable bonds is 6. The number of nitrogens with zero attached hydrogens (tertiary/aromatic N) is 6. The molecule has 4 aromatic rings. The Morgan fingerprint density at radius 1 is 0.600 bits per heavy atom. The Hall–Kier alpha value is -1.55. The average Bonchev–Trinajstić information content (AvgIpc) is 3.27. The van der Waals surface area contributed by atoms with Gasteiger partial charge in [-0.15, -0.1) is 20.4 Å². The van der Waals surface area contributed by atoms with Crippen molar-refractivity contribution in [3.05, 3.63) is 90.8 Å². The molecule has 0 spiro atoms. The summed E-state index contributed by atoms with van der Waals surface area (Å²) in [6.07, 6.45) is 1.84. The van der Waals surface area contributed by atoms with Crippen LogP contribution in [-0.2, 0) is 25.9 Å². The number of benzene rings is 2. The van der Waals surface area contributed by atoms with E-state index in [0.717, 1.165) is 35.1 Å². The van der Waals surface area contributed by atoms with Gasteiger partial charge in [0.05, 0.1) is 13.1 Å². The van der Waals surface area contributed by atoms with Gasteiger partial charge in [-0.2, -0.15) is 9.59 Å².